The number of aromatic nitrogens is 1. The average Bonchev–Trinajstić information content (AvgIpc) is 2.72. The molecule has 90 valence electrons. The smallest absolute Gasteiger partial charge is 0.347 e. The van der Waals surface area contributed by atoms with Crippen molar-refractivity contribution in [3.63, 3.8) is 0 Å². The van der Waals surface area contributed by atoms with Crippen LogP contribution in [0.25, 0.3) is 0 Å². The third kappa shape index (κ3) is 2.26. The molecule has 0 aliphatic heterocycles. The fourth-order valence-corrected chi connectivity index (χ4v) is 2.85. The second-order valence-corrected chi connectivity index (χ2v) is 5.22. The Morgan fingerprint density at radius 3 is 2.25 bits per heavy atom. The van der Waals surface area contributed by atoms with Gasteiger partial charge in [-0.1, -0.05) is 27.7 Å². The minimum Gasteiger partial charge on any atom is -0.477 e. The standard InChI is InChI=1S/C12H19NO2S/c1-5-8-9(10(14)15)16-11(13-8)12(4,6-2)7-3/h5-7H2,1-4H3,(H,14,15). The molecular weight excluding hydrogens is 222 g/mol. The third-order valence-corrected chi connectivity index (χ3v) is 4.70. The van der Waals surface area contributed by atoms with E-state index in [1.54, 1.807) is 0 Å². The van der Waals surface area contributed by atoms with Gasteiger partial charge in [-0.05, 0) is 19.3 Å². The van der Waals surface area contributed by atoms with Gasteiger partial charge in [0.05, 0.1) is 10.7 Å². The molecule has 4 heteroatoms. The van der Waals surface area contributed by atoms with E-state index >= 15 is 0 Å². The Morgan fingerprint density at radius 1 is 1.38 bits per heavy atom. The summed E-state index contributed by atoms with van der Waals surface area (Å²) >= 11 is 1.34. The average molecular weight is 241 g/mol. The topological polar surface area (TPSA) is 50.2 Å². The number of nitrogens with zero attached hydrogens (tertiary/aromatic N) is 1. The molecule has 1 N–H and O–H groups in total. The summed E-state index contributed by atoms with van der Waals surface area (Å²) in [6.07, 6.45) is 2.65. The van der Waals surface area contributed by atoms with Gasteiger partial charge in [0.15, 0.2) is 0 Å². The van der Waals surface area contributed by atoms with Crippen molar-refractivity contribution in [3.05, 3.63) is 15.6 Å². The summed E-state index contributed by atoms with van der Waals surface area (Å²) < 4.78 is 0. The molecule has 0 spiro atoms. The zero-order valence-corrected chi connectivity index (χ0v) is 11.1. The van der Waals surface area contributed by atoms with Crippen LogP contribution < -0.4 is 0 Å². The first-order chi connectivity index (χ1) is 7.48. The van der Waals surface area contributed by atoms with Gasteiger partial charge in [0.1, 0.15) is 4.88 Å². The van der Waals surface area contributed by atoms with Crippen molar-refractivity contribution < 1.29 is 9.90 Å². The SMILES string of the molecule is CCc1nc(C(C)(CC)CC)sc1C(=O)O. The normalized spacial score (nSPS) is 11.8. The van der Waals surface area contributed by atoms with E-state index < -0.39 is 5.97 Å². The summed E-state index contributed by atoms with van der Waals surface area (Å²) in [5.74, 6) is -0.852. The number of hydrogen-bond donors (Lipinski definition) is 1. The molecule has 0 aliphatic carbocycles. The maximum Gasteiger partial charge on any atom is 0.347 e. The lowest BCUT2D eigenvalue weighted by molar-refractivity contribution is 0.0701. The molecule has 0 saturated heterocycles. The van der Waals surface area contributed by atoms with E-state index in [2.05, 4.69) is 25.8 Å². The molecular formula is C12H19NO2S. The van der Waals surface area contributed by atoms with Crippen molar-refractivity contribution >= 4 is 17.3 Å². The van der Waals surface area contributed by atoms with Gasteiger partial charge in [-0.3, -0.25) is 0 Å². The van der Waals surface area contributed by atoms with E-state index in [1.165, 1.54) is 11.3 Å². The molecule has 16 heavy (non-hydrogen) atoms. The molecule has 1 rings (SSSR count). The lowest BCUT2D eigenvalue weighted by Crippen LogP contribution is -2.19. The van der Waals surface area contributed by atoms with E-state index in [0.29, 0.717) is 11.3 Å². The van der Waals surface area contributed by atoms with Crippen molar-refractivity contribution in [2.45, 2.75) is 52.4 Å². The van der Waals surface area contributed by atoms with Crippen molar-refractivity contribution in [3.8, 4) is 0 Å². The van der Waals surface area contributed by atoms with Crippen LogP contribution in [0.15, 0.2) is 0 Å². The van der Waals surface area contributed by atoms with Gasteiger partial charge in [-0.15, -0.1) is 11.3 Å². The van der Waals surface area contributed by atoms with Crippen LogP contribution in [0.1, 0.15) is 60.9 Å². The highest BCUT2D eigenvalue weighted by molar-refractivity contribution is 7.13. The van der Waals surface area contributed by atoms with Crippen LogP contribution in [-0.4, -0.2) is 16.1 Å². The molecule has 0 fully saturated rings. The lowest BCUT2D eigenvalue weighted by atomic mass is 9.85. The maximum absolute atomic E-state index is 11.1. The van der Waals surface area contributed by atoms with Gasteiger partial charge in [0.2, 0.25) is 0 Å². The van der Waals surface area contributed by atoms with Crippen LogP contribution in [-0.2, 0) is 11.8 Å². The molecule has 0 amide bonds. The fraction of sp³-hybridized carbons (Fsp3) is 0.667. The van der Waals surface area contributed by atoms with Crippen LogP contribution in [0, 0.1) is 0 Å². The Hall–Kier alpha value is -0.900. The Morgan fingerprint density at radius 2 is 1.94 bits per heavy atom. The predicted molar refractivity (Wildman–Crippen MR) is 66.4 cm³/mol. The molecule has 0 aromatic carbocycles. The highest BCUT2D eigenvalue weighted by Crippen LogP contribution is 2.35. The summed E-state index contributed by atoms with van der Waals surface area (Å²) in [5, 5.41) is 10.1. The minimum atomic E-state index is -0.852. The minimum absolute atomic E-state index is 0.0162. The van der Waals surface area contributed by atoms with Crippen LogP contribution >= 0.6 is 11.3 Å². The third-order valence-electron chi connectivity index (χ3n) is 3.30. The predicted octanol–water partition coefficient (Wildman–Crippen LogP) is 3.48. The van der Waals surface area contributed by atoms with E-state index in [-0.39, 0.29) is 5.41 Å². The summed E-state index contributed by atoms with van der Waals surface area (Å²) in [5.41, 5.74) is 0.739. The number of carbonyl (C=O) groups is 1. The molecule has 1 heterocycles. The highest BCUT2D eigenvalue weighted by Gasteiger charge is 2.28. The maximum atomic E-state index is 11.1. The second kappa shape index (κ2) is 4.95. The van der Waals surface area contributed by atoms with E-state index in [0.717, 1.165) is 23.5 Å². The summed E-state index contributed by atoms with van der Waals surface area (Å²) in [6, 6.07) is 0. The van der Waals surface area contributed by atoms with Crippen molar-refractivity contribution in [2.24, 2.45) is 0 Å². The van der Waals surface area contributed by atoms with Gasteiger partial charge < -0.3 is 5.11 Å². The first-order valence-electron chi connectivity index (χ1n) is 5.72. The van der Waals surface area contributed by atoms with E-state index in [4.69, 9.17) is 5.11 Å². The van der Waals surface area contributed by atoms with Crippen LogP contribution in [0.5, 0.6) is 0 Å². The van der Waals surface area contributed by atoms with Crippen LogP contribution in [0.3, 0.4) is 0 Å². The monoisotopic (exact) mass is 241 g/mol. The summed E-state index contributed by atoms with van der Waals surface area (Å²) in [7, 11) is 0. The number of aryl methyl sites for hydroxylation is 1. The van der Waals surface area contributed by atoms with Gasteiger partial charge in [-0.2, -0.15) is 0 Å². The number of thiazole rings is 1. The molecule has 0 radical (unpaired) electrons. The molecule has 0 aliphatic rings. The molecule has 0 unspecified atom stereocenters. The number of carboxylic acid groups (broad SMARTS) is 1. The van der Waals surface area contributed by atoms with Crippen molar-refractivity contribution in [1.29, 1.82) is 0 Å². The zero-order chi connectivity index (χ0) is 12.3. The Labute approximate surface area is 101 Å². The Kier molecular flexibility index (Phi) is 4.08. The molecule has 0 atom stereocenters. The van der Waals surface area contributed by atoms with Crippen LogP contribution in [0.2, 0.25) is 0 Å². The zero-order valence-electron chi connectivity index (χ0n) is 10.3. The number of carboxylic acids is 1. The molecule has 0 bridgehead atoms. The van der Waals surface area contributed by atoms with Gasteiger partial charge >= 0.3 is 5.97 Å². The number of hydrogen-bond acceptors (Lipinski definition) is 3. The molecule has 1 aromatic rings. The lowest BCUT2D eigenvalue weighted by Gasteiger charge is -2.23. The van der Waals surface area contributed by atoms with Crippen molar-refractivity contribution in [2.75, 3.05) is 0 Å². The van der Waals surface area contributed by atoms with Gasteiger partial charge in [0, 0.05) is 5.41 Å². The summed E-state index contributed by atoms with van der Waals surface area (Å²) in [6.45, 7) is 8.34. The molecule has 1 aromatic heterocycles. The second-order valence-electron chi connectivity index (χ2n) is 4.22. The highest BCUT2D eigenvalue weighted by atomic mass is 32.1. The number of rotatable bonds is 5. The molecule has 0 saturated carbocycles. The van der Waals surface area contributed by atoms with Crippen LogP contribution in [0.4, 0.5) is 0 Å². The van der Waals surface area contributed by atoms with Gasteiger partial charge in [-0.25, -0.2) is 9.78 Å². The van der Waals surface area contributed by atoms with E-state index in [9.17, 15) is 4.79 Å². The summed E-state index contributed by atoms with van der Waals surface area (Å²) in [4.78, 5) is 16.0. The van der Waals surface area contributed by atoms with Crippen molar-refractivity contribution in [1.82, 2.24) is 4.98 Å². The van der Waals surface area contributed by atoms with E-state index in [1.807, 2.05) is 6.92 Å². The Bertz CT molecular complexity index is 380. The fourth-order valence-electron chi connectivity index (χ4n) is 1.57. The largest absolute Gasteiger partial charge is 0.477 e. The Balaban J connectivity index is 3.21. The number of aromatic carboxylic acids is 1. The first-order valence-corrected chi connectivity index (χ1v) is 6.53. The quantitative estimate of drug-likeness (QED) is 0.858. The van der Waals surface area contributed by atoms with Gasteiger partial charge in [0.25, 0.3) is 0 Å². The first kappa shape index (κ1) is 13.2. The molecule has 3 nitrogen and oxygen atoms in total.